The number of benzene rings is 2. The van der Waals surface area contributed by atoms with E-state index in [2.05, 4.69) is 10.6 Å². The summed E-state index contributed by atoms with van der Waals surface area (Å²) >= 11 is 0. The molecule has 0 saturated carbocycles. The molecule has 0 aromatic heterocycles. The first-order chi connectivity index (χ1) is 11.0. The van der Waals surface area contributed by atoms with Gasteiger partial charge < -0.3 is 15.4 Å². The SMILES string of the molecule is COC(=O)c1ccccc1NC(=O)CNc1cc(C)ccc1C. The zero-order valence-electron chi connectivity index (χ0n) is 13.5. The van der Waals surface area contributed by atoms with Crippen molar-refractivity contribution in [3.63, 3.8) is 0 Å². The van der Waals surface area contributed by atoms with E-state index in [1.54, 1.807) is 24.3 Å². The number of aryl methyl sites for hydroxylation is 2. The molecule has 1 amide bonds. The van der Waals surface area contributed by atoms with Gasteiger partial charge >= 0.3 is 5.97 Å². The highest BCUT2D eigenvalue weighted by molar-refractivity contribution is 6.02. The van der Waals surface area contributed by atoms with Crippen LogP contribution in [0.4, 0.5) is 11.4 Å². The molecule has 120 valence electrons. The molecule has 0 atom stereocenters. The van der Waals surface area contributed by atoms with Gasteiger partial charge in [0.25, 0.3) is 0 Å². The Kier molecular flexibility index (Phi) is 5.36. The third kappa shape index (κ3) is 4.32. The van der Waals surface area contributed by atoms with E-state index in [1.807, 2.05) is 32.0 Å². The van der Waals surface area contributed by atoms with E-state index >= 15 is 0 Å². The van der Waals surface area contributed by atoms with Gasteiger partial charge in [-0.25, -0.2) is 4.79 Å². The Morgan fingerprint density at radius 3 is 2.52 bits per heavy atom. The third-order valence-electron chi connectivity index (χ3n) is 3.44. The minimum atomic E-state index is -0.483. The van der Waals surface area contributed by atoms with Crippen LogP contribution in [0, 0.1) is 13.8 Å². The molecule has 0 heterocycles. The average molecular weight is 312 g/mol. The number of methoxy groups -OCH3 is 1. The predicted octanol–water partition coefficient (Wildman–Crippen LogP) is 3.14. The second kappa shape index (κ2) is 7.45. The van der Waals surface area contributed by atoms with Crippen LogP contribution in [0.5, 0.6) is 0 Å². The Balaban J connectivity index is 2.03. The number of rotatable bonds is 5. The van der Waals surface area contributed by atoms with Crippen molar-refractivity contribution in [2.75, 3.05) is 24.3 Å². The van der Waals surface area contributed by atoms with Gasteiger partial charge in [0.05, 0.1) is 24.9 Å². The van der Waals surface area contributed by atoms with Crippen molar-refractivity contribution in [3.05, 3.63) is 59.2 Å². The summed E-state index contributed by atoms with van der Waals surface area (Å²) in [5.41, 5.74) is 3.87. The molecule has 0 saturated heterocycles. The van der Waals surface area contributed by atoms with Crippen molar-refractivity contribution >= 4 is 23.3 Å². The lowest BCUT2D eigenvalue weighted by molar-refractivity contribution is -0.114. The molecule has 2 aromatic carbocycles. The molecular formula is C18H20N2O3. The van der Waals surface area contributed by atoms with Crippen LogP contribution in [0.1, 0.15) is 21.5 Å². The first kappa shape index (κ1) is 16.5. The van der Waals surface area contributed by atoms with Crippen molar-refractivity contribution in [1.82, 2.24) is 0 Å². The van der Waals surface area contributed by atoms with Crippen LogP contribution in [-0.4, -0.2) is 25.5 Å². The van der Waals surface area contributed by atoms with E-state index in [0.29, 0.717) is 11.3 Å². The van der Waals surface area contributed by atoms with E-state index in [1.165, 1.54) is 7.11 Å². The van der Waals surface area contributed by atoms with Crippen LogP contribution >= 0.6 is 0 Å². The maximum Gasteiger partial charge on any atom is 0.339 e. The lowest BCUT2D eigenvalue weighted by atomic mass is 10.1. The van der Waals surface area contributed by atoms with Crippen LogP contribution in [0.15, 0.2) is 42.5 Å². The molecule has 2 rings (SSSR count). The summed E-state index contributed by atoms with van der Waals surface area (Å²) in [5.74, 6) is -0.717. The molecule has 5 heteroatoms. The molecule has 0 aliphatic carbocycles. The summed E-state index contributed by atoms with van der Waals surface area (Å²) in [4.78, 5) is 23.8. The fourth-order valence-corrected chi connectivity index (χ4v) is 2.18. The summed E-state index contributed by atoms with van der Waals surface area (Å²) in [7, 11) is 1.31. The number of carbonyl (C=O) groups is 2. The quantitative estimate of drug-likeness (QED) is 0.832. The summed E-state index contributed by atoms with van der Waals surface area (Å²) < 4.78 is 4.71. The van der Waals surface area contributed by atoms with Crippen LogP contribution < -0.4 is 10.6 Å². The Bertz CT molecular complexity index is 726. The fraction of sp³-hybridized carbons (Fsp3) is 0.222. The van der Waals surface area contributed by atoms with Crippen LogP contribution in [0.25, 0.3) is 0 Å². The van der Waals surface area contributed by atoms with Gasteiger partial charge in [-0.15, -0.1) is 0 Å². The molecule has 0 unspecified atom stereocenters. The van der Waals surface area contributed by atoms with Gasteiger partial charge in [0.15, 0.2) is 0 Å². The Morgan fingerprint density at radius 2 is 1.78 bits per heavy atom. The van der Waals surface area contributed by atoms with Gasteiger partial charge in [-0.1, -0.05) is 24.3 Å². The number of esters is 1. The zero-order valence-corrected chi connectivity index (χ0v) is 13.5. The second-order valence-corrected chi connectivity index (χ2v) is 5.26. The van der Waals surface area contributed by atoms with Crippen LogP contribution in [0.2, 0.25) is 0 Å². The minimum absolute atomic E-state index is 0.111. The second-order valence-electron chi connectivity index (χ2n) is 5.26. The number of para-hydroxylation sites is 1. The van der Waals surface area contributed by atoms with Crippen molar-refractivity contribution in [1.29, 1.82) is 0 Å². The molecule has 2 aromatic rings. The molecule has 2 N–H and O–H groups in total. The van der Waals surface area contributed by atoms with Gasteiger partial charge in [0, 0.05) is 5.69 Å². The van der Waals surface area contributed by atoms with Crippen molar-refractivity contribution < 1.29 is 14.3 Å². The first-order valence-electron chi connectivity index (χ1n) is 7.29. The lowest BCUT2D eigenvalue weighted by Crippen LogP contribution is -2.23. The maximum absolute atomic E-state index is 12.1. The lowest BCUT2D eigenvalue weighted by Gasteiger charge is -2.12. The highest BCUT2D eigenvalue weighted by Gasteiger charge is 2.13. The summed E-state index contributed by atoms with van der Waals surface area (Å²) in [6.45, 7) is 4.09. The fourth-order valence-electron chi connectivity index (χ4n) is 2.18. The highest BCUT2D eigenvalue weighted by atomic mass is 16.5. The molecule has 5 nitrogen and oxygen atoms in total. The van der Waals surface area contributed by atoms with E-state index in [4.69, 9.17) is 4.74 Å². The van der Waals surface area contributed by atoms with Gasteiger partial charge in [0.2, 0.25) is 5.91 Å². The number of ether oxygens (including phenoxy) is 1. The number of hydrogen-bond acceptors (Lipinski definition) is 4. The molecule has 0 aliphatic heterocycles. The van der Waals surface area contributed by atoms with Crippen molar-refractivity contribution in [2.45, 2.75) is 13.8 Å². The topological polar surface area (TPSA) is 67.4 Å². The van der Waals surface area contributed by atoms with E-state index in [9.17, 15) is 9.59 Å². The molecule has 0 aliphatic rings. The van der Waals surface area contributed by atoms with Gasteiger partial charge in [0.1, 0.15) is 0 Å². The van der Waals surface area contributed by atoms with Crippen molar-refractivity contribution in [3.8, 4) is 0 Å². The minimum Gasteiger partial charge on any atom is -0.465 e. The number of carbonyl (C=O) groups excluding carboxylic acids is 2. The summed E-state index contributed by atoms with van der Waals surface area (Å²) in [5, 5.41) is 5.84. The van der Waals surface area contributed by atoms with Gasteiger partial charge in [-0.2, -0.15) is 0 Å². The summed E-state index contributed by atoms with van der Waals surface area (Å²) in [6, 6.07) is 12.8. The maximum atomic E-state index is 12.1. The Labute approximate surface area is 135 Å². The Morgan fingerprint density at radius 1 is 1.04 bits per heavy atom. The van der Waals surface area contributed by atoms with Crippen LogP contribution in [0.3, 0.4) is 0 Å². The molecule has 0 radical (unpaired) electrons. The largest absolute Gasteiger partial charge is 0.465 e. The zero-order chi connectivity index (χ0) is 16.8. The predicted molar refractivity (Wildman–Crippen MR) is 90.8 cm³/mol. The van der Waals surface area contributed by atoms with E-state index in [-0.39, 0.29) is 12.5 Å². The van der Waals surface area contributed by atoms with E-state index < -0.39 is 5.97 Å². The monoisotopic (exact) mass is 312 g/mol. The number of amides is 1. The van der Waals surface area contributed by atoms with E-state index in [0.717, 1.165) is 16.8 Å². The summed E-state index contributed by atoms with van der Waals surface area (Å²) in [6.07, 6.45) is 0. The highest BCUT2D eigenvalue weighted by Crippen LogP contribution is 2.17. The van der Waals surface area contributed by atoms with Gasteiger partial charge in [-0.3, -0.25) is 4.79 Å². The smallest absolute Gasteiger partial charge is 0.339 e. The average Bonchev–Trinajstić information content (AvgIpc) is 2.55. The molecule has 0 fully saturated rings. The third-order valence-corrected chi connectivity index (χ3v) is 3.44. The number of nitrogens with one attached hydrogen (secondary N) is 2. The first-order valence-corrected chi connectivity index (χ1v) is 7.29. The standard InChI is InChI=1S/C18H20N2O3/c1-12-8-9-13(2)16(10-12)19-11-17(21)20-15-7-5-4-6-14(15)18(22)23-3/h4-10,19H,11H2,1-3H3,(H,20,21). The molecular weight excluding hydrogens is 292 g/mol. The molecule has 0 spiro atoms. The number of anilines is 2. The number of hydrogen-bond donors (Lipinski definition) is 2. The van der Waals surface area contributed by atoms with Crippen molar-refractivity contribution in [2.24, 2.45) is 0 Å². The van der Waals surface area contributed by atoms with Gasteiger partial charge in [-0.05, 0) is 43.2 Å². The Hall–Kier alpha value is -2.82. The molecule has 23 heavy (non-hydrogen) atoms. The molecule has 0 bridgehead atoms. The normalized spacial score (nSPS) is 10.0. The van der Waals surface area contributed by atoms with Crippen LogP contribution in [-0.2, 0) is 9.53 Å².